The summed E-state index contributed by atoms with van der Waals surface area (Å²) in [6, 6.07) is 7.96. The molecule has 124 valence electrons. The largest absolute Gasteiger partial charge is 0.416 e. The van der Waals surface area contributed by atoms with E-state index in [1.807, 2.05) is 18.2 Å². The van der Waals surface area contributed by atoms with Crippen LogP contribution in [-0.4, -0.2) is 24.9 Å². The molecule has 0 aromatic carbocycles. The van der Waals surface area contributed by atoms with Crippen molar-refractivity contribution in [3.8, 4) is 0 Å². The molecule has 2 heterocycles. The molecule has 5 heteroatoms. The summed E-state index contributed by atoms with van der Waals surface area (Å²) >= 11 is 0. The highest BCUT2D eigenvalue weighted by atomic mass is 28.4. The molecule has 0 saturated heterocycles. The van der Waals surface area contributed by atoms with Crippen LogP contribution in [0.1, 0.15) is 26.3 Å². The molecule has 2 aromatic rings. The zero-order valence-corrected chi connectivity index (χ0v) is 15.8. The Labute approximate surface area is 140 Å². The van der Waals surface area contributed by atoms with E-state index in [9.17, 15) is 0 Å². The van der Waals surface area contributed by atoms with Gasteiger partial charge in [0.15, 0.2) is 8.32 Å². The Morgan fingerprint density at radius 3 is 2.52 bits per heavy atom. The Balaban J connectivity index is 2.01. The molecule has 1 N–H and O–H groups in total. The first-order valence-corrected chi connectivity index (χ1v) is 11.0. The fourth-order valence-corrected chi connectivity index (χ4v) is 3.00. The Morgan fingerprint density at radius 2 is 1.87 bits per heavy atom. The maximum Gasteiger partial charge on any atom is 0.191 e. The van der Waals surface area contributed by atoms with Crippen molar-refractivity contribution in [1.29, 1.82) is 0 Å². The monoisotopic (exact) mass is 329 g/mol. The van der Waals surface area contributed by atoms with E-state index in [1.165, 1.54) is 0 Å². The molecule has 0 spiro atoms. The first-order chi connectivity index (χ1) is 10.8. The summed E-state index contributed by atoms with van der Waals surface area (Å²) in [5.41, 5.74) is 2.10. The molecular formula is C18H27N3OSi. The lowest BCUT2D eigenvalue weighted by Crippen LogP contribution is -2.41. The number of nitrogens with zero attached hydrogens (tertiary/aromatic N) is 2. The minimum absolute atomic E-state index is 0.235. The molecule has 2 aromatic heterocycles. The van der Waals surface area contributed by atoms with E-state index < -0.39 is 8.32 Å². The third-order valence-electron chi connectivity index (χ3n) is 4.46. The lowest BCUT2D eigenvalue weighted by atomic mass is 10.2. The van der Waals surface area contributed by atoms with Crippen molar-refractivity contribution in [2.24, 2.45) is 0 Å². The predicted octanol–water partition coefficient (Wildman–Crippen LogP) is 4.78. The first-order valence-electron chi connectivity index (χ1n) is 8.04. The van der Waals surface area contributed by atoms with Gasteiger partial charge >= 0.3 is 0 Å². The Hall–Kier alpha value is -1.72. The zero-order chi connectivity index (χ0) is 16.9. The molecule has 0 bridgehead atoms. The number of nitrogens with one attached hydrogen (secondary N) is 1. The van der Waals surface area contributed by atoms with Gasteiger partial charge in [-0.15, -0.1) is 0 Å². The summed E-state index contributed by atoms with van der Waals surface area (Å²) in [5.74, 6) is 0.874. The molecule has 0 radical (unpaired) electrons. The van der Waals surface area contributed by atoms with E-state index in [2.05, 4.69) is 55.2 Å². The Bertz CT molecular complexity index is 624. The van der Waals surface area contributed by atoms with E-state index in [1.54, 1.807) is 18.6 Å². The van der Waals surface area contributed by atoms with Crippen molar-refractivity contribution in [2.45, 2.75) is 45.3 Å². The smallest absolute Gasteiger partial charge is 0.191 e. The van der Waals surface area contributed by atoms with Crippen LogP contribution in [0.15, 0.2) is 42.9 Å². The van der Waals surface area contributed by atoms with Gasteiger partial charge in [-0.2, -0.15) is 0 Å². The number of aromatic nitrogens is 2. The van der Waals surface area contributed by atoms with E-state index in [4.69, 9.17) is 4.43 Å². The van der Waals surface area contributed by atoms with Crippen molar-refractivity contribution < 1.29 is 4.43 Å². The molecule has 0 atom stereocenters. The molecule has 4 nitrogen and oxygen atoms in total. The summed E-state index contributed by atoms with van der Waals surface area (Å²) < 4.78 is 6.27. The quantitative estimate of drug-likeness (QED) is 0.774. The summed E-state index contributed by atoms with van der Waals surface area (Å²) in [5, 5.41) is 3.57. The molecule has 0 aliphatic heterocycles. The average molecular weight is 330 g/mol. The zero-order valence-electron chi connectivity index (χ0n) is 14.8. The number of hydrogen-bond acceptors (Lipinski definition) is 4. The lowest BCUT2D eigenvalue weighted by molar-refractivity contribution is 0.292. The van der Waals surface area contributed by atoms with Crippen LogP contribution in [0.3, 0.4) is 0 Å². The fourth-order valence-electron chi connectivity index (χ4n) is 1.96. The van der Waals surface area contributed by atoms with Crippen LogP contribution < -0.4 is 5.32 Å². The summed E-state index contributed by atoms with van der Waals surface area (Å²) in [6.07, 6.45) is 6.21. The molecule has 0 aliphatic carbocycles. The lowest BCUT2D eigenvalue weighted by Gasteiger charge is -2.36. The predicted molar refractivity (Wildman–Crippen MR) is 98.6 cm³/mol. The van der Waals surface area contributed by atoms with Gasteiger partial charge in [-0.05, 0) is 48.3 Å². The van der Waals surface area contributed by atoms with Crippen LogP contribution in [0, 0.1) is 0 Å². The second-order valence-electron chi connectivity index (χ2n) is 7.24. The van der Waals surface area contributed by atoms with Gasteiger partial charge in [0.1, 0.15) is 5.82 Å². The van der Waals surface area contributed by atoms with Gasteiger partial charge in [0.2, 0.25) is 0 Å². The van der Waals surface area contributed by atoms with Gasteiger partial charge in [-0.1, -0.05) is 26.8 Å². The van der Waals surface area contributed by atoms with Crippen molar-refractivity contribution >= 4 is 19.8 Å². The number of anilines is 2. The maximum absolute atomic E-state index is 6.27. The summed E-state index contributed by atoms with van der Waals surface area (Å²) in [6.45, 7) is 12.1. The second kappa shape index (κ2) is 7.23. The van der Waals surface area contributed by atoms with Crippen LogP contribution in [0.25, 0.3) is 0 Å². The van der Waals surface area contributed by atoms with Crippen LogP contribution in [0.4, 0.5) is 11.5 Å². The van der Waals surface area contributed by atoms with Gasteiger partial charge in [0.05, 0.1) is 11.9 Å². The van der Waals surface area contributed by atoms with E-state index in [-0.39, 0.29) is 5.04 Å². The Kier molecular flexibility index (Phi) is 5.54. The van der Waals surface area contributed by atoms with Crippen LogP contribution in [0.5, 0.6) is 0 Å². The molecule has 2 rings (SSSR count). The van der Waals surface area contributed by atoms with Crippen molar-refractivity contribution in [3.63, 3.8) is 0 Å². The van der Waals surface area contributed by atoms with Crippen molar-refractivity contribution in [1.82, 2.24) is 9.97 Å². The van der Waals surface area contributed by atoms with Crippen LogP contribution in [0.2, 0.25) is 18.1 Å². The molecule has 0 saturated carbocycles. The summed E-state index contributed by atoms with van der Waals surface area (Å²) in [7, 11) is -1.70. The molecule has 0 aliphatic rings. The van der Waals surface area contributed by atoms with Gasteiger partial charge in [0.25, 0.3) is 0 Å². The third kappa shape index (κ3) is 4.87. The van der Waals surface area contributed by atoms with E-state index in [0.29, 0.717) is 0 Å². The number of pyridine rings is 2. The highest BCUT2D eigenvalue weighted by molar-refractivity contribution is 6.74. The number of rotatable bonds is 6. The topological polar surface area (TPSA) is 47.0 Å². The SMILES string of the molecule is CC(C)(C)[Si](C)(C)OCCc1cccnc1Nc1cccnc1. The minimum Gasteiger partial charge on any atom is -0.416 e. The van der Waals surface area contributed by atoms with Crippen molar-refractivity contribution in [2.75, 3.05) is 11.9 Å². The van der Waals surface area contributed by atoms with E-state index in [0.717, 1.165) is 30.1 Å². The third-order valence-corrected chi connectivity index (χ3v) is 8.99. The molecule has 0 fully saturated rings. The maximum atomic E-state index is 6.27. The fraction of sp³-hybridized carbons (Fsp3) is 0.444. The summed E-state index contributed by atoms with van der Waals surface area (Å²) in [4.78, 5) is 8.58. The molecule has 0 amide bonds. The van der Waals surface area contributed by atoms with Crippen LogP contribution >= 0.6 is 0 Å². The standard InChI is InChI=1S/C18H27N3OSi/c1-18(2,3)23(4,5)22-13-10-15-8-6-12-20-17(15)21-16-9-7-11-19-14-16/h6-9,11-12,14H,10,13H2,1-5H3,(H,20,21). The van der Waals surface area contributed by atoms with E-state index >= 15 is 0 Å². The second-order valence-corrected chi connectivity index (χ2v) is 12.0. The molecule has 23 heavy (non-hydrogen) atoms. The van der Waals surface area contributed by atoms with Gasteiger partial charge in [-0.25, -0.2) is 4.98 Å². The molecule has 0 unspecified atom stereocenters. The highest BCUT2D eigenvalue weighted by Crippen LogP contribution is 2.36. The van der Waals surface area contributed by atoms with Crippen molar-refractivity contribution in [3.05, 3.63) is 48.4 Å². The normalized spacial score (nSPS) is 12.2. The van der Waals surface area contributed by atoms with Gasteiger partial charge in [-0.3, -0.25) is 4.98 Å². The van der Waals surface area contributed by atoms with Gasteiger partial charge in [0, 0.05) is 19.0 Å². The molecular weight excluding hydrogens is 302 g/mol. The Morgan fingerprint density at radius 1 is 1.13 bits per heavy atom. The van der Waals surface area contributed by atoms with Gasteiger partial charge < -0.3 is 9.74 Å². The first kappa shape index (κ1) is 17.6. The minimum atomic E-state index is -1.70. The van der Waals surface area contributed by atoms with Crippen LogP contribution in [-0.2, 0) is 10.8 Å². The number of hydrogen-bond donors (Lipinski definition) is 1. The average Bonchev–Trinajstić information content (AvgIpc) is 2.49. The highest BCUT2D eigenvalue weighted by Gasteiger charge is 2.36.